The summed E-state index contributed by atoms with van der Waals surface area (Å²) in [5, 5.41) is 4.40. The van der Waals surface area contributed by atoms with Gasteiger partial charge in [0.25, 0.3) is 0 Å². The Morgan fingerprint density at radius 1 is 1.00 bits per heavy atom. The largest absolute Gasteiger partial charge is 0.461 e. The van der Waals surface area contributed by atoms with Crippen molar-refractivity contribution in [3.63, 3.8) is 0 Å². The van der Waals surface area contributed by atoms with Crippen LogP contribution in [0.25, 0.3) is 28.5 Å². The molecule has 8 heteroatoms. The number of fused-ring (bicyclic) bond motifs is 1. The van der Waals surface area contributed by atoms with E-state index < -0.39 is 0 Å². The molecule has 8 nitrogen and oxygen atoms in total. The fourth-order valence-corrected chi connectivity index (χ4v) is 3.87. The van der Waals surface area contributed by atoms with Crippen LogP contribution < -0.4 is 5.73 Å². The molecule has 2 N–H and O–H groups in total. The summed E-state index contributed by atoms with van der Waals surface area (Å²) in [5.41, 5.74) is 9.88. The molecular weight excluding hydrogens is 378 g/mol. The summed E-state index contributed by atoms with van der Waals surface area (Å²) < 4.78 is 6.92. The van der Waals surface area contributed by atoms with Gasteiger partial charge in [-0.3, -0.25) is 4.90 Å². The van der Waals surface area contributed by atoms with Gasteiger partial charge in [-0.1, -0.05) is 31.2 Å². The lowest BCUT2D eigenvalue weighted by Crippen LogP contribution is -2.45. The Morgan fingerprint density at radius 2 is 1.77 bits per heavy atom. The molecule has 0 bridgehead atoms. The van der Waals surface area contributed by atoms with Crippen LogP contribution in [0.2, 0.25) is 0 Å². The highest BCUT2D eigenvalue weighted by Gasteiger charge is 2.16. The van der Waals surface area contributed by atoms with Gasteiger partial charge in [-0.05, 0) is 24.2 Å². The Morgan fingerprint density at radius 3 is 2.47 bits per heavy atom. The van der Waals surface area contributed by atoms with E-state index in [2.05, 4.69) is 56.1 Å². The first-order valence-corrected chi connectivity index (χ1v) is 10.3. The quantitative estimate of drug-likeness (QED) is 0.548. The third-order valence-electron chi connectivity index (χ3n) is 5.66. The highest BCUT2D eigenvalue weighted by atomic mass is 16.3. The SMILES string of the molecule is CCN1CCN(Cc2ccc(-c3cc4nc(-c5ccco5)nn4c(N)n3)cc2)CC1. The minimum atomic E-state index is 0.297. The van der Waals surface area contributed by atoms with E-state index in [1.54, 1.807) is 12.3 Å². The Labute approximate surface area is 174 Å². The molecule has 154 valence electrons. The van der Waals surface area contributed by atoms with E-state index in [0.29, 0.717) is 23.2 Å². The van der Waals surface area contributed by atoms with Crippen LogP contribution in [0.3, 0.4) is 0 Å². The molecule has 0 saturated carbocycles. The van der Waals surface area contributed by atoms with Gasteiger partial charge < -0.3 is 15.1 Å². The first kappa shape index (κ1) is 18.8. The maximum Gasteiger partial charge on any atom is 0.223 e. The fourth-order valence-electron chi connectivity index (χ4n) is 3.87. The van der Waals surface area contributed by atoms with Crippen molar-refractivity contribution in [1.82, 2.24) is 29.4 Å². The molecule has 0 spiro atoms. The minimum Gasteiger partial charge on any atom is -0.461 e. The molecule has 30 heavy (non-hydrogen) atoms. The van der Waals surface area contributed by atoms with Crippen LogP contribution in [0.1, 0.15) is 12.5 Å². The van der Waals surface area contributed by atoms with Crippen LogP contribution in [0.5, 0.6) is 0 Å². The molecule has 5 rings (SSSR count). The second kappa shape index (κ2) is 7.89. The molecule has 1 saturated heterocycles. The Balaban J connectivity index is 1.35. The number of anilines is 1. The lowest BCUT2D eigenvalue weighted by atomic mass is 10.1. The summed E-state index contributed by atoms with van der Waals surface area (Å²) in [4.78, 5) is 14.1. The van der Waals surface area contributed by atoms with Crippen molar-refractivity contribution >= 4 is 11.6 Å². The van der Waals surface area contributed by atoms with Gasteiger partial charge in [-0.2, -0.15) is 4.52 Å². The number of nitrogen functional groups attached to an aromatic ring is 1. The predicted octanol–water partition coefficient (Wildman–Crippen LogP) is 2.77. The molecule has 0 atom stereocenters. The number of nitrogens with zero attached hydrogens (tertiary/aromatic N) is 6. The zero-order chi connectivity index (χ0) is 20.5. The van der Waals surface area contributed by atoms with Crippen molar-refractivity contribution in [1.29, 1.82) is 0 Å². The molecule has 4 heterocycles. The van der Waals surface area contributed by atoms with Crippen LogP contribution in [-0.2, 0) is 6.54 Å². The van der Waals surface area contributed by atoms with Gasteiger partial charge in [0, 0.05) is 44.4 Å². The maximum atomic E-state index is 6.15. The van der Waals surface area contributed by atoms with Crippen molar-refractivity contribution < 1.29 is 4.42 Å². The molecule has 1 fully saturated rings. The number of rotatable bonds is 5. The van der Waals surface area contributed by atoms with Gasteiger partial charge in [0.05, 0.1) is 12.0 Å². The van der Waals surface area contributed by atoms with Gasteiger partial charge in [0.2, 0.25) is 11.8 Å². The molecule has 0 amide bonds. The number of aromatic nitrogens is 4. The summed E-state index contributed by atoms with van der Waals surface area (Å²) in [6.07, 6.45) is 1.60. The highest BCUT2D eigenvalue weighted by molar-refractivity contribution is 5.66. The van der Waals surface area contributed by atoms with Gasteiger partial charge in [-0.15, -0.1) is 5.10 Å². The number of benzene rings is 1. The van der Waals surface area contributed by atoms with E-state index in [1.165, 1.54) is 10.1 Å². The molecule has 1 aromatic carbocycles. The van der Waals surface area contributed by atoms with Gasteiger partial charge in [-0.25, -0.2) is 9.97 Å². The number of hydrogen-bond donors (Lipinski definition) is 1. The number of furan rings is 1. The predicted molar refractivity (Wildman–Crippen MR) is 116 cm³/mol. The van der Waals surface area contributed by atoms with Crippen molar-refractivity contribution in [2.75, 3.05) is 38.5 Å². The van der Waals surface area contributed by atoms with Gasteiger partial charge >= 0.3 is 0 Å². The molecule has 0 radical (unpaired) electrons. The van der Waals surface area contributed by atoms with Crippen LogP contribution >= 0.6 is 0 Å². The van der Waals surface area contributed by atoms with Crippen molar-refractivity contribution in [2.24, 2.45) is 0 Å². The smallest absolute Gasteiger partial charge is 0.223 e. The van der Waals surface area contributed by atoms with Gasteiger partial charge in [0.1, 0.15) is 0 Å². The molecule has 3 aromatic heterocycles. The summed E-state index contributed by atoms with van der Waals surface area (Å²) >= 11 is 0. The second-order valence-corrected chi connectivity index (χ2v) is 7.59. The normalized spacial score (nSPS) is 15.8. The third kappa shape index (κ3) is 3.67. The zero-order valence-corrected chi connectivity index (χ0v) is 17.0. The second-order valence-electron chi connectivity index (χ2n) is 7.59. The molecule has 0 unspecified atom stereocenters. The summed E-state index contributed by atoms with van der Waals surface area (Å²) in [6.45, 7) is 8.88. The van der Waals surface area contributed by atoms with Crippen LogP contribution in [0, 0.1) is 0 Å². The summed E-state index contributed by atoms with van der Waals surface area (Å²) in [5.74, 6) is 1.39. The molecule has 4 aromatic rings. The lowest BCUT2D eigenvalue weighted by molar-refractivity contribution is 0.132. The van der Waals surface area contributed by atoms with Crippen molar-refractivity contribution in [3.05, 3.63) is 54.3 Å². The first-order chi connectivity index (χ1) is 14.7. The monoisotopic (exact) mass is 403 g/mol. The average molecular weight is 403 g/mol. The molecule has 1 aliphatic heterocycles. The molecule has 1 aliphatic rings. The zero-order valence-electron chi connectivity index (χ0n) is 17.0. The molecule has 0 aliphatic carbocycles. The summed E-state index contributed by atoms with van der Waals surface area (Å²) in [7, 11) is 0. The molecular formula is C22H25N7O. The minimum absolute atomic E-state index is 0.297. The third-order valence-corrected chi connectivity index (χ3v) is 5.66. The van der Waals surface area contributed by atoms with Gasteiger partial charge in [0.15, 0.2) is 11.4 Å². The van der Waals surface area contributed by atoms with Crippen molar-refractivity contribution in [3.8, 4) is 22.8 Å². The van der Waals surface area contributed by atoms with E-state index in [0.717, 1.165) is 50.5 Å². The van der Waals surface area contributed by atoms with E-state index >= 15 is 0 Å². The number of piperazine rings is 1. The van der Waals surface area contributed by atoms with Crippen LogP contribution in [0.15, 0.2) is 53.1 Å². The first-order valence-electron chi connectivity index (χ1n) is 10.3. The summed E-state index contributed by atoms with van der Waals surface area (Å²) in [6, 6.07) is 14.1. The Kier molecular flexibility index (Phi) is 4.94. The fraction of sp³-hybridized carbons (Fsp3) is 0.318. The van der Waals surface area contributed by atoms with Crippen molar-refractivity contribution in [2.45, 2.75) is 13.5 Å². The van der Waals surface area contributed by atoms with Crippen LogP contribution in [-0.4, -0.2) is 62.1 Å². The Hall–Kier alpha value is -3.23. The number of likely N-dealkylation sites (N-methyl/N-ethyl adjacent to an activating group) is 1. The van der Waals surface area contributed by atoms with E-state index in [-0.39, 0.29) is 0 Å². The maximum absolute atomic E-state index is 6.15. The van der Waals surface area contributed by atoms with E-state index in [9.17, 15) is 0 Å². The topological polar surface area (TPSA) is 88.7 Å². The highest BCUT2D eigenvalue weighted by Crippen LogP contribution is 2.23. The van der Waals surface area contributed by atoms with Crippen LogP contribution in [0.4, 0.5) is 5.95 Å². The standard InChI is InChI=1S/C22H25N7O/c1-2-27-9-11-28(12-10-27)15-16-5-7-17(8-6-16)18-14-20-25-21(19-4-3-13-30-19)26-29(20)22(23)24-18/h3-8,13-14H,2,9-12,15H2,1H3,(H2,23,24). The average Bonchev–Trinajstić information content (AvgIpc) is 3.45. The van der Waals surface area contributed by atoms with E-state index in [4.69, 9.17) is 10.2 Å². The van der Waals surface area contributed by atoms with E-state index in [1.807, 2.05) is 12.1 Å². The number of nitrogens with two attached hydrogens (primary N) is 1. The number of hydrogen-bond acceptors (Lipinski definition) is 7. The Bertz CT molecular complexity index is 1130. The lowest BCUT2D eigenvalue weighted by Gasteiger charge is -2.34.